The van der Waals surface area contributed by atoms with Crippen molar-refractivity contribution in [3.8, 4) is 0 Å². The lowest BCUT2D eigenvalue weighted by atomic mass is 9.87. The molecule has 0 aromatic heterocycles. The van der Waals surface area contributed by atoms with Gasteiger partial charge in [0, 0.05) is 26.3 Å². The minimum absolute atomic E-state index is 0.152. The maximum absolute atomic E-state index is 11.8. The van der Waals surface area contributed by atoms with E-state index in [1.807, 2.05) is 32.9 Å². The highest BCUT2D eigenvalue weighted by Gasteiger charge is 2.18. The van der Waals surface area contributed by atoms with Gasteiger partial charge in [-0.1, -0.05) is 32.9 Å². The SMILES string of the molecule is CC(C)(C)c1ccc(/C=[N+](\[O-])C(C)(C)C)cc1. The van der Waals surface area contributed by atoms with Gasteiger partial charge in [-0.3, -0.25) is 0 Å². The van der Waals surface area contributed by atoms with E-state index in [9.17, 15) is 5.21 Å². The molecule has 0 radical (unpaired) electrons. The van der Waals surface area contributed by atoms with Crippen molar-refractivity contribution >= 4 is 6.21 Å². The van der Waals surface area contributed by atoms with Crippen LogP contribution >= 0.6 is 0 Å². The number of hydrogen-bond acceptors (Lipinski definition) is 1. The monoisotopic (exact) mass is 233 g/mol. The fourth-order valence-electron chi connectivity index (χ4n) is 1.40. The third kappa shape index (κ3) is 3.88. The molecule has 1 rings (SSSR count). The van der Waals surface area contributed by atoms with Crippen LogP contribution in [0, 0.1) is 5.21 Å². The van der Waals surface area contributed by atoms with Gasteiger partial charge in [0.25, 0.3) is 0 Å². The summed E-state index contributed by atoms with van der Waals surface area (Å²) < 4.78 is 0.999. The first-order chi connectivity index (χ1) is 7.60. The predicted molar refractivity (Wildman–Crippen MR) is 73.7 cm³/mol. The molecular formula is C15H23NO. The minimum atomic E-state index is -0.386. The van der Waals surface area contributed by atoms with Crippen LogP contribution in [0.25, 0.3) is 0 Å². The van der Waals surface area contributed by atoms with E-state index < -0.39 is 0 Å². The Morgan fingerprint density at radius 2 is 1.41 bits per heavy atom. The van der Waals surface area contributed by atoms with E-state index in [2.05, 4.69) is 32.9 Å². The van der Waals surface area contributed by atoms with Crippen LogP contribution in [0.5, 0.6) is 0 Å². The van der Waals surface area contributed by atoms with Gasteiger partial charge in [0.1, 0.15) is 0 Å². The van der Waals surface area contributed by atoms with Gasteiger partial charge in [-0.25, -0.2) is 4.74 Å². The van der Waals surface area contributed by atoms with Crippen molar-refractivity contribution in [1.29, 1.82) is 0 Å². The zero-order valence-electron chi connectivity index (χ0n) is 11.7. The van der Waals surface area contributed by atoms with E-state index in [1.165, 1.54) is 5.56 Å². The third-order valence-electron chi connectivity index (χ3n) is 2.70. The van der Waals surface area contributed by atoms with Crippen LogP contribution in [0.15, 0.2) is 24.3 Å². The molecular weight excluding hydrogens is 210 g/mol. The highest BCUT2D eigenvalue weighted by molar-refractivity contribution is 5.75. The molecule has 94 valence electrons. The average Bonchev–Trinajstić information content (AvgIpc) is 2.15. The smallest absolute Gasteiger partial charge is 0.182 e. The minimum Gasteiger partial charge on any atom is -0.623 e. The molecule has 0 bridgehead atoms. The first kappa shape index (κ1) is 13.8. The Morgan fingerprint density at radius 1 is 0.941 bits per heavy atom. The summed E-state index contributed by atoms with van der Waals surface area (Å²) in [6, 6.07) is 8.17. The lowest BCUT2D eigenvalue weighted by molar-refractivity contribution is -0.530. The Morgan fingerprint density at radius 3 is 1.76 bits per heavy atom. The lowest BCUT2D eigenvalue weighted by Crippen LogP contribution is -2.29. The zero-order chi connectivity index (χ0) is 13.3. The van der Waals surface area contributed by atoms with Crippen molar-refractivity contribution in [3.63, 3.8) is 0 Å². The maximum atomic E-state index is 11.8. The van der Waals surface area contributed by atoms with Gasteiger partial charge in [0.05, 0.1) is 0 Å². The van der Waals surface area contributed by atoms with Crippen LogP contribution in [-0.2, 0) is 5.41 Å². The number of benzene rings is 1. The molecule has 0 N–H and O–H groups in total. The number of hydroxylamine groups is 1. The van der Waals surface area contributed by atoms with E-state index in [4.69, 9.17) is 0 Å². The molecule has 0 unspecified atom stereocenters. The molecule has 0 aliphatic heterocycles. The molecule has 0 fully saturated rings. The van der Waals surface area contributed by atoms with Gasteiger partial charge >= 0.3 is 0 Å². The molecule has 1 aromatic rings. The number of rotatable bonds is 1. The summed E-state index contributed by atoms with van der Waals surface area (Å²) in [5.41, 5.74) is 1.99. The van der Waals surface area contributed by atoms with Crippen LogP contribution in [0.3, 0.4) is 0 Å². The molecule has 0 amide bonds. The van der Waals surface area contributed by atoms with E-state index in [0.29, 0.717) is 0 Å². The van der Waals surface area contributed by atoms with Gasteiger partial charge in [0.2, 0.25) is 0 Å². The summed E-state index contributed by atoms with van der Waals surface area (Å²) in [4.78, 5) is 0. The van der Waals surface area contributed by atoms with E-state index in [0.717, 1.165) is 10.3 Å². The normalized spacial score (nSPS) is 13.9. The van der Waals surface area contributed by atoms with Gasteiger partial charge in [-0.15, -0.1) is 0 Å². The molecule has 0 spiro atoms. The van der Waals surface area contributed by atoms with Crippen LogP contribution in [0.2, 0.25) is 0 Å². The van der Waals surface area contributed by atoms with Crippen LogP contribution in [-0.4, -0.2) is 16.5 Å². The van der Waals surface area contributed by atoms with Crippen molar-refractivity contribution in [2.24, 2.45) is 0 Å². The molecule has 0 heterocycles. The standard InChI is InChI=1S/C15H23NO/c1-14(2,3)13-9-7-12(8-10-13)11-16(17)15(4,5)6/h7-11H,1-6H3/b16-11-. The van der Waals surface area contributed by atoms with Crippen molar-refractivity contribution < 1.29 is 4.74 Å². The Labute approximate surface area is 105 Å². The van der Waals surface area contributed by atoms with E-state index in [-0.39, 0.29) is 11.0 Å². The van der Waals surface area contributed by atoms with Crippen molar-refractivity contribution in [1.82, 2.24) is 0 Å². The van der Waals surface area contributed by atoms with Crippen molar-refractivity contribution in [3.05, 3.63) is 40.6 Å². The molecule has 0 aliphatic carbocycles. The summed E-state index contributed by atoms with van der Waals surface area (Å²) in [5, 5.41) is 11.8. The topological polar surface area (TPSA) is 26.1 Å². The van der Waals surface area contributed by atoms with Crippen LogP contribution in [0.1, 0.15) is 52.7 Å². The maximum Gasteiger partial charge on any atom is 0.182 e. The largest absolute Gasteiger partial charge is 0.623 e. The summed E-state index contributed by atoms with van der Waals surface area (Å²) in [6.45, 7) is 12.3. The highest BCUT2D eigenvalue weighted by atomic mass is 16.5. The Hall–Kier alpha value is -1.31. The molecule has 0 aliphatic rings. The second-order valence-corrected chi connectivity index (χ2v) is 6.50. The quantitative estimate of drug-likeness (QED) is 0.314. The van der Waals surface area contributed by atoms with Crippen LogP contribution < -0.4 is 0 Å². The first-order valence-electron chi connectivity index (χ1n) is 6.02. The van der Waals surface area contributed by atoms with Crippen LogP contribution in [0.4, 0.5) is 0 Å². The summed E-state index contributed by atoms with van der Waals surface area (Å²) >= 11 is 0. The summed E-state index contributed by atoms with van der Waals surface area (Å²) in [7, 11) is 0. The highest BCUT2D eigenvalue weighted by Crippen LogP contribution is 2.21. The molecule has 0 saturated heterocycles. The van der Waals surface area contributed by atoms with E-state index >= 15 is 0 Å². The Balaban J connectivity index is 2.97. The van der Waals surface area contributed by atoms with Gasteiger partial charge in [-0.05, 0) is 23.1 Å². The average molecular weight is 233 g/mol. The third-order valence-corrected chi connectivity index (χ3v) is 2.70. The number of hydrogen-bond donors (Lipinski definition) is 0. The predicted octanol–water partition coefficient (Wildman–Crippen LogP) is 3.71. The molecule has 0 saturated carbocycles. The second-order valence-electron chi connectivity index (χ2n) is 6.50. The fraction of sp³-hybridized carbons (Fsp3) is 0.533. The summed E-state index contributed by atoms with van der Waals surface area (Å²) in [5.74, 6) is 0. The Bertz CT molecular complexity index is 402. The zero-order valence-corrected chi connectivity index (χ0v) is 11.7. The van der Waals surface area contributed by atoms with Crippen molar-refractivity contribution in [2.45, 2.75) is 52.5 Å². The first-order valence-corrected chi connectivity index (χ1v) is 6.02. The fourth-order valence-corrected chi connectivity index (χ4v) is 1.40. The molecule has 1 aromatic carbocycles. The van der Waals surface area contributed by atoms with Gasteiger partial charge in [-0.2, -0.15) is 0 Å². The van der Waals surface area contributed by atoms with Crippen molar-refractivity contribution in [2.75, 3.05) is 0 Å². The number of nitrogens with zero attached hydrogens (tertiary/aromatic N) is 1. The van der Waals surface area contributed by atoms with Gasteiger partial charge < -0.3 is 5.21 Å². The lowest BCUT2D eigenvalue weighted by Gasteiger charge is -2.20. The molecule has 0 atom stereocenters. The molecule has 2 heteroatoms. The second kappa shape index (κ2) is 4.52. The van der Waals surface area contributed by atoms with E-state index in [1.54, 1.807) is 6.21 Å². The molecule has 17 heavy (non-hydrogen) atoms. The molecule has 2 nitrogen and oxygen atoms in total. The Kier molecular flexibility index (Phi) is 3.65. The van der Waals surface area contributed by atoms with Gasteiger partial charge in [0.15, 0.2) is 11.8 Å². The summed E-state index contributed by atoms with van der Waals surface area (Å²) in [6.07, 6.45) is 1.65.